The van der Waals surface area contributed by atoms with E-state index in [1.54, 1.807) is 16.8 Å². The highest BCUT2D eigenvalue weighted by atomic mass is 19.1. The number of nitrogens with zero attached hydrogens (tertiary/aromatic N) is 7. The SMILES string of the molecule is O=C(Cc1ccc(F)cc1)N1CCN(c2ncnc3c2nnn3-c2ccccc2)CC1. The second-order valence-electron chi connectivity index (χ2n) is 7.38. The molecule has 0 saturated carbocycles. The van der Waals surface area contributed by atoms with Crippen LogP contribution in [0.15, 0.2) is 60.9 Å². The number of carbonyl (C=O) groups is 1. The van der Waals surface area contributed by atoms with Crippen molar-refractivity contribution < 1.29 is 9.18 Å². The first-order valence-electron chi connectivity index (χ1n) is 10.1. The molecule has 0 N–H and O–H groups in total. The molecule has 9 heteroatoms. The average molecular weight is 417 g/mol. The van der Waals surface area contributed by atoms with Crippen molar-refractivity contribution in [2.75, 3.05) is 31.1 Å². The van der Waals surface area contributed by atoms with Crippen molar-refractivity contribution in [1.82, 2.24) is 29.9 Å². The van der Waals surface area contributed by atoms with Crippen molar-refractivity contribution in [2.24, 2.45) is 0 Å². The summed E-state index contributed by atoms with van der Waals surface area (Å²) in [6.45, 7) is 2.44. The van der Waals surface area contributed by atoms with Gasteiger partial charge in [-0.05, 0) is 29.8 Å². The molecule has 5 rings (SSSR count). The third-order valence-corrected chi connectivity index (χ3v) is 5.42. The lowest BCUT2D eigenvalue weighted by atomic mass is 10.1. The van der Waals surface area contributed by atoms with Crippen molar-refractivity contribution >= 4 is 22.9 Å². The molecule has 3 heterocycles. The number of hydrogen-bond acceptors (Lipinski definition) is 6. The molecule has 1 amide bonds. The molecule has 1 aliphatic heterocycles. The summed E-state index contributed by atoms with van der Waals surface area (Å²) in [6.07, 6.45) is 1.79. The van der Waals surface area contributed by atoms with Gasteiger partial charge in [-0.25, -0.2) is 14.4 Å². The van der Waals surface area contributed by atoms with Gasteiger partial charge in [0.2, 0.25) is 5.91 Å². The van der Waals surface area contributed by atoms with E-state index < -0.39 is 0 Å². The molecule has 156 valence electrons. The first-order valence-corrected chi connectivity index (χ1v) is 10.1. The molecule has 0 aliphatic carbocycles. The van der Waals surface area contributed by atoms with E-state index in [0.29, 0.717) is 37.3 Å². The Bertz CT molecular complexity index is 1200. The zero-order valence-corrected chi connectivity index (χ0v) is 16.7. The van der Waals surface area contributed by atoms with Gasteiger partial charge in [0.1, 0.15) is 12.1 Å². The van der Waals surface area contributed by atoms with Crippen LogP contribution in [0.25, 0.3) is 16.9 Å². The minimum Gasteiger partial charge on any atom is -0.351 e. The van der Waals surface area contributed by atoms with Crippen LogP contribution in [0.5, 0.6) is 0 Å². The summed E-state index contributed by atoms with van der Waals surface area (Å²) in [5, 5.41) is 8.59. The van der Waals surface area contributed by atoms with Crippen LogP contribution in [0, 0.1) is 5.82 Å². The maximum absolute atomic E-state index is 13.1. The Hall–Kier alpha value is -3.88. The lowest BCUT2D eigenvalue weighted by Gasteiger charge is -2.35. The van der Waals surface area contributed by atoms with Crippen molar-refractivity contribution in [3.63, 3.8) is 0 Å². The van der Waals surface area contributed by atoms with Crippen LogP contribution < -0.4 is 4.90 Å². The Kier molecular flexibility index (Phi) is 4.99. The number of benzene rings is 2. The van der Waals surface area contributed by atoms with Gasteiger partial charge in [-0.15, -0.1) is 5.10 Å². The van der Waals surface area contributed by atoms with Gasteiger partial charge in [0.25, 0.3) is 0 Å². The van der Waals surface area contributed by atoms with E-state index in [4.69, 9.17) is 0 Å². The maximum atomic E-state index is 13.1. The topological polar surface area (TPSA) is 80.0 Å². The minimum absolute atomic E-state index is 0.0362. The van der Waals surface area contributed by atoms with Crippen LogP contribution in [0.1, 0.15) is 5.56 Å². The van der Waals surface area contributed by atoms with E-state index in [0.717, 1.165) is 17.1 Å². The number of hydrogen-bond donors (Lipinski definition) is 0. The Balaban J connectivity index is 1.30. The standard InChI is InChI=1S/C22H20FN7O/c23-17-8-6-16(7-9-17)14-19(31)28-10-12-29(13-11-28)21-20-22(25-15-24-21)30(27-26-20)18-4-2-1-3-5-18/h1-9,15H,10-14H2. The van der Waals surface area contributed by atoms with E-state index in [9.17, 15) is 9.18 Å². The number of para-hydroxylation sites is 1. The first kappa shape index (κ1) is 19.1. The van der Waals surface area contributed by atoms with E-state index in [-0.39, 0.29) is 18.1 Å². The number of fused-ring (bicyclic) bond motifs is 1. The predicted molar refractivity (Wildman–Crippen MR) is 113 cm³/mol. The maximum Gasteiger partial charge on any atom is 0.227 e. The molecule has 1 saturated heterocycles. The molecule has 0 radical (unpaired) electrons. The third kappa shape index (κ3) is 3.81. The Morgan fingerprint density at radius 3 is 2.42 bits per heavy atom. The van der Waals surface area contributed by atoms with Crippen LogP contribution in [0.3, 0.4) is 0 Å². The molecule has 2 aromatic carbocycles. The summed E-state index contributed by atoms with van der Waals surface area (Å²) in [5.41, 5.74) is 2.97. The molecule has 2 aromatic heterocycles. The molecular weight excluding hydrogens is 397 g/mol. The minimum atomic E-state index is -0.301. The predicted octanol–water partition coefficient (Wildman–Crippen LogP) is 2.24. The van der Waals surface area contributed by atoms with E-state index in [2.05, 4.69) is 25.2 Å². The normalized spacial score (nSPS) is 14.2. The molecule has 1 fully saturated rings. The Labute approximate surface area is 177 Å². The van der Waals surface area contributed by atoms with E-state index >= 15 is 0 Å². The molecular formula is C22H20FN7O. The van der Waals surface area contributed by atoms with Gasteiger partial charge in [-0.1, -0.05) is 35.5 Å². The van der Waals surface area contributed by atoms with Crippen LogP contribution in [0.2, 0.25) is 0 Å². The van der Waals surface area contributed by atoms with Crippen LogP contribution in [0.4, 0.5) is 10.2 Å². The number of piperazine rings is 1. The smallest absolute Gasteiger partial charge is 0.227 e. The van der Waals surface area contributed by atoms with Gasteiger partial charge in [0.15, 0.2) is 17.0 Å². The van der Waals surface area contributed by atoms with Crippen molar-refractivity contribution in [1.29, 1.82) is 0 Å². The summed E-state index contributed by atoms with van der Waals surface area (Å²) >= 11 is 0. The fraction of sp³-hybridized carbons (Fsp3) is 0.227. The van der Waals surface area contributed by atoms with Gasteiger partial charge in [0.05, 0.1) is 12.1 Å². The van der Waals surface area contributed by atoms with Crippen molar-refractivity contribution in [3.05, 3.63) is 72.3 Å². The first-order chi connectivity index (χ1) is 15.2. The highest BCUT2D eigenvalue weighted by molar-refractivity contribution is 5.84. The van der Waals surface area contributed by atoms with Crippen molar-refractivity contribution in [3.8, 4) is 5.69 Å². The highest BCUT2D eigenvalue weighted by Crippen LogP contribution is 2.23. The zero-order chi connectivity index (χ0) is 21.2. The van der Waals surface area contributed by atoms with Crippen LogP contribution in [-0.4, -0.2) is 61.9 Å². The summed E-state index contributed by atoms with van der Waals surface area (Å²) in [5.74, 6) is 0.456. The molecule has 4 aromatic rings. The van der Waals surface area contributed by atoms with Gasteiger partial charge >= 0.3 is 0 Å². The number of anilines is 1. The molecule has 8 nitrogen and oxygen atoms in total. The largest absolute Gasteiger partial charge is 0.351 e. The quantitative estimate of drug-likeness (QED) is 0.507. The lowest BCUT2D eigenvalue weighted by Crippen LogP contribution is -2.49. The van der Waals surface area contributed by atoms with Gasteiger partial charge in [0, 0.05) is 26.2 Å². The second kappa shape index (κ2) is 8.10. The summed E-state index contributed by atoms with van der Waals surface area (Å²) < 4.78 is 14.8. The second-order valence-corrected chi connectivity index (χ2v) is 7.38. The summed E-state index contributed by atoms with van der Waals surface area (Å²) in [6, 6.07) is 15.8. The van der Waals surface area contributed by atoms with E-state index in [1.165, 1.54) is 18.5 Å². The number of carbonyl (C=O) groups excluding carboxylic acids is 1. The highest BCUT2D eigenvalue weighted by Gasteiger charge is 2.25. The molecule has 1 aliphatic rings. The fourth-order valence-corrected chi connectivity index (χ4v) is 3.77. The number of halogens is 1. The monoisotopic (exact) mass is 417 g/mol. The van der Waals surface area contributed by atoms with Crippen LogP contribution >= 0.6 is 0 Å². The Morgan fingerprint density at radius 2 is 1.68 bits per heavy atom. The fourth-order valence-electron chi connectivity index (χ4n) is 3.77. The van der Waals surface area contributed by atoms with Gasteiger partial charge < -0.3 is 9.80 Å². The summed E-state index contributed by atoms with van der Waals surface area (Å²) in [4.78, 5) is 25.4. The molecule has 0 bridgehead atoms. The number of amides is 1. The van der Waals surface area contributed by atoms with Crippen molar-refractivity contribution in [2.45, 2.75) is 6.42 Å². The molecule has 0 atom stereocenters. The number of aromatic nitrogens is 5. The van der Waals surface area contributed by atoms with Gasteiger partial charge in [-0.2, -0.15) is 4.68 Å². The summed E-state index contributed by atoms with van der Waals surface area (Å²) in [7, 11) is 0. The lowest BCUT2D eigenvalue weighted by molar-refractivity contribution is -0.130. The van der Waals surface area contributed by atoms with Gasteiger partial charge in [-0.3, -0.25) is 4.79 Å². The van der Waals surface area contributed by atoms with E-state index in [1.807, 2.05) is 35.2 Å². The zero-order valence-electron chi connectivity index (χ0n) is 16.7. The number of rotatable bonds is 4. The molecule has 0 unspecified atom stereocenters. The Morgan fingerprint density at radius 1 is 0.935 bits per heavy atom. The molecule has 31 heavy (non-hydrogen) atoms. The average Bonchev–Trinajstić information content (AvgIpc) is 3.26. The van der Waals surface area contributed by atoms with Crippen LogP contribution in [-0.2, 0) is 11.2 Å². The third-order valence-electron chi connectivity index (χ3n) is 5.42. The molecule has 0 spiro atoms.